The molecule has 33 heavy (non-hydrogen) atoms. The maximum atomic E-state index is 2.35. The van der Waals surface area contributed by atoms with Gasteiger partial charge in [-0.05, 0) is 39.5 Å². The minimum atomic E-state index is -0.485. The Balaban J connectivity index is 1.94. The number of hydrogen-bond donors (Lipinski definition) is 0. The van der Waals surface area contributed by atoms with Crippen LogP contribution in [-0.4, -0.2) is 0 Å². The summed E-state index contributed by atoms with van der Waals surface area (Å²) < 4.78 is 0. The zero-order valence-corrected chi connectivity index (χ0v) is 18.5. The average Bonchev–Trinajstić information content (AvgIpc) is 2.91. The van der Waals surface area contributed by atoms with Crippen molar-refractivity contribution in [2.45, 2.75) is 5.41 Å². The van der Waals surface area contributed by atoms with Crippen molar-refractivity contribution in [1.82, 2.24) is 0 Å². The van der Waals surface area contributed by atoms with Crippen molar-refractivity contribution >= 4 is 11.6 Å². The van der Waals surface area contributed by atoms with Crippen LogP contribution in [0.15, 0.2) is 152 Å². The molecule has 0 radical (unpaired) electrons. The van der Waals surface area contributed by atoms with E-state index >= 15 is 0 Å². The molecule has 0 saturated heterocycles. The van der Waals surface area contributed by atoms with Gasteiger partial charge >= 0.3 is 0 Å². The van der Waals surface area contributed by atoms with Crippen molar-refractivity contribution < 1.29 is 0 Å². The molecule has 0 bridgehead atoms. The fourth-order valence-corrected chi connectivity index (χ4v) is 4.77. The van der Waals surface area contributed by atoms with Gasteiger partial charge in [0.25, 0.3) is 0 Å². The van der Waals surface area contributed by atoms with Gasteiger partial charge in [0.1, 0.15) is 0 Å². The minimum Gasteiger partial charge on any atom is -0.0622 e. The van der Waals surface area contributed by atoms with Crippen LogP contribution < -0.4 is 0 Å². The highest BCUT2D eigenvalue weighted by Gasteiger charge is 2.40. The molecule has 0 atom stereocenters. The summed E-state index contributed by atoms with van der Waals surface area (Å²) in [5, 5.41) is 0. The maximum absolute atomic E-state index is 2.35. The lowest BCUT2D eigenvalue weighted by molar-refractivity contribution is 0.804. The summed E-state index contributed by atoms with van der Waals surface area (Å²) in [4.78, 5) is 0. The van der Waals surface area contributed by atoms with E-state index in [4.69, 9.17) is 0 Å². The Labute approximate surface area is 196 Å². The van der Waals surface area contributed by atoms with Gasteiger partial charge in [-0.3, -0.25) is 0 Å². The lowest BCUT2D eigenvalue weighted by Crippen LogP contribution is -2.31. The van der Waals surface area contributed by atoms with Crippen molar-refractivity contribution in [2.24, 2.45) is 0 Å². The molecular formula is C33H26. The zero-order valence-electron chi connectivity index (χ0n) is 18.5. The molecule has 0 unspecified atom stereocenters. The van der Waals surface area contributed by atoms with E-state index in [1.165, 1.54) is 33.4 Å². The standard InChI is InChI=1S/C33H26/c1-6-16-27(17-7-1)26-32(28-18-8-2-9-19-28)33(29-20-10-3-11-21-29,30-22-12-4-13-23-30)31-24-14-5-15-25-31/h1-26H. The Morgan fingerprint density at radius 1 is 0.394 bits per heavy atom. The van der Waals surface area contributed by atoms with Gasteiger partial charge in [0.2, 0.25) is 0 Å². The molecule has 0 spiro atoms. The first-order valence-corrected chi connectivity index (χ1v) is 11.4. The molecule has 0 N–H and O–H groups in total. The van der Waals surface area contributed by atoms with E-state index in [1.54, 1.807) is 0 Å². The fourth-order valence-electron chi connectivity index (χ4n) is 4.77. The van der Waals surface area contributed by atoms with Crippen LogP contribution in [0.3, 0.4) is 0 Å². The predicted molar refractivity (Wildman–Crippen MR) is 140 cm³/mol. The highest BCUT2D eigenvalue weighted by atomic mass is 14.4. The number of rotatable bonds is 6. The third-order valence-corrected chi connectivity index (χ3v) is 6.22. The van der Waals surface area contributed by atoms with Crippen LogP contribution in [0.1, 0.15) is 27.8 Å². The van der Waals surface area contributed by atoms with Crippen LogP contribution in [0.2, 0.25) is 0 Å². The van der Waals surface area contributed by atoms with E-state index in [2.05, 4.69) is 158 Å². The first-order chi connectivity index (χ1) is 16.4. The molecule has 0 saturated carbocycles. The Hall–Kier alpha value is -4.16. The van der Waals surface area contributed by atoms with Gasteiger partial charge in [0.15, 0.2) is 0 Å². The molecule has 0 heteroatoms. The zero-order chi connectivity index (χ0) is 22.3. The second-order valence-electron chi connectivity index (χ2n) is 8.18. The van der Waals surface area contributed by atoms with E-state index in [9.17, 15) is 0 Å². The summed E-state index contributed by atoms with van der Waals surface area (Å²) in [5.74, 6) is 0. The van der Waals surface area contributed by atoms with Gasteiger partial charge in [0.05, 0.1) is 5.41 Å². The van der Waals surface area contributed by atoms with E-state index in [-0.39, 0.29) is 0 Å². The Kier molecular flexibility index (Phi) is 5.99. The molecule has 0 fully saturated rings. The van der Waals surface area contributed by atoms with Crippen LogP contribution in [-0.2, 0) is 5.41 Å². The van der Waals surface area contributed by atoms with Gasteiger partial charge in [-0.1, -0.05) is 152 Å². The van der Waals surface area contributed by atoms with Gasteiger partial charge in [-0.15, -0.1) is 0 Å². The molecule has 5 aromatic rings. The van der Waals surface area contributed by atoms with E-state index < -0.39 is 5.41 Å². The van der Waals surface area contributed by atoms with E-state index in [0.717, 1.165) is 0 Å². The van der Waals surface area contributed by atoms with Crippen LogP contribution in [0, 0.1) is 0 Å². The molecule has 0 aromatic heterocycles. The van der Waals surface area contributed by atoms with Gasteiger partial charge in [-0.2, -0.15) is 0 Å². The molecule has 0 heterocycles. The van der Waals surface area contributed by atoms with Crippen molar-refractivity contribution in [3.63, 3.8) is 0 Å². The Morgan fingerprint density at radius 3 is 1.12 bits per heavy atom. The summed E-state index contributed by atoms with van der Waals surface area (Å²) >= 11 is 0. The summed E-state index contributed by atoms with van der Waals surface area (Å²) in [6, 6.07) is 54.0. The van der Waals surface area contributed by atoms with Gasteiger partial charge < -0.3 is 0 Å². The molecule has 158 valence electrons. The Bertz CT molecular complexity index is 1210. The molecule has 5 aromatic carbocycles. The largest absolute Gasteiger partial charge is 0.0707 e. The lowest BCUT2D eigenvalue weighted by Gasteiger charge is -2.39. The molecule has 0 nitrogen and oxygen atoms in total. The van der Waals surface area contributed by atoms with Crippen molar-refractivity contribution in [3.05, 3.63) is 179 Å². The van der Waals surface area contributed by atoms with Crippen LogP contribution >= 0.6 is 0 Å². The molecular weight excluding hydrogens is 396 g/mol. The first kappa shape index (κ1) is 20.7. The van der Waals surface area contributed by atoms with Gasteiger partial charge in [0, 0.05) is 0 Å². The lowest BCUT2D eigenvalue weighted by atomic mass is 9.62. The molecule has 0 aliphatic carbocycles. The molecule has 0 aliphatic rings. The number of benzene rings is 5. The highest BCUT2D eigenvalue weighted by Crippen LogP contribution is 2.49. The molecule has 5 rings (SSSR count). The normalized spacial score (nSPS) is 11.8. The van der Waals surface area contributed by atoms with E-state index in [0.29, 0.717) is 0 Å². The average molecular weight is 423 g/mol. The Morgan fingerprint density at radius 2 is 0.727 bits per heavy atom. The van der Waals surface area contributed by atoms with Crippen LogP contribution in [0.4, 0.5) is 0 Å². The van der Waals surface area contributed by atoms with Gasteiger partial charge in [-0.25, -0.2) is 0 Å². The van der Waals surface area contributed by atoms with Crippen molar-refractivity contribution in [3.8, 4) is 0 Å². The fraction of sp³-hybridized carbons (Fsp3) is 0.0303. The third kappa shape index (κ3) is 4.04. The minimum absolute atomic E-state index is 0.485. The number of allylic oxidation sites excluding steroid dienone is 1. The van der Waals surface area contributed by atoms with E-state index in [1.807, 2.05) is 0 Å². The first-order valence-electron chi connectivity index (χ1n) is 11.4. The maximum Gasteiger partial charge on any atom is 0.0707 e. The second kappa shape index (κ2) is 9.54. The summed E-state index contributed by atoms with van der Waals surface area (Å²) in [7, 11) is 0. The number of hydrogen-bond acceptors (Lipinski definition) is 0. The van der Waals surface area contributed by atoms with Crippen LogP contribution in [0.5, 0.6) is 0 Å². The molecule has 0 amide bonds. The summed E-state index contributed by atoms with van der Waals surface area (Å²) in [6.07, 6.45) is 2.35. The van der Waals surface area contributed by atoms with Crippen molar-refractivity contribution in [1.29, 1.82) is 0 Å². The van der Waals surface area contributed by atoms with Crippen LogP contribution in [0.25, 0.3) is 11.6 Å². The second-order valence-corrected chi connectivity index (χ2v) is 8.18. The predicted octanol–water partition coefficient (Wildman–Crippen LogP) is 8.26. The highest BCUT2D eigenvalue weighted by molar-refractivity contribution is 5.93. The summed E-state index contributed by atoms with van der Waals surface area (Å²) in [6.45, 7) is 0. The van der Waals surface area contributed by atoms with Crippen molar-refractivity contribution in [2.75, 3.05) is 0 Å². The SMILES string of the molecule is C(=C(c1ccccc1)C(c1ccccc1)(c1ccccc1)c1ccccc1)c1ccccc1. The topological polar surface area (TPSA) is 0 Å². The quantitative estimate of drug-likeness (QED) is 0.191. The smallest absolute Gasteiger partial charge is 0.0622 e. The molecule has 0 aliphatic heterocycles. The summed E-state index contributed by atoms with van der Waals surface area (Å²) in [5.41, 5.74) is 6.88. The monoisotopic (exact) mass is 422 g/mol. The third-order valence-electron chi connectivity index (χ3n) is 6.22.